The van der Waals surface area contributed by atoms with Gasteiger partial charge in [-0.1, -0.05) is 13.8 Å². The molecule has 0 aliphatic heterocycles. The molecule has 1 heterocycles. The minimum Gasteiger partial charge on any atom is -0.550 e. The normalized spacial score (nSPS) is 13.3. The Balaban J connectivity index is 0.00000578. The van der Waals surface area contributed by atoms with Crippen LogP contribution >= 0.6 is 0 Å². The SMILES string of the molecule is CC(C)c1nc(N(C)S(C)(=O)=O)nc(-c2ccc(F)cc2)c1CC[C@@H](O)C[C@@H](O)CC(=O)[O-].[Na+]. The third kappa shape index (κ3) is 8.54. The van der Waals surface area contributed by atoms with Crippen molar-refractivity contribution >= 4 is 21.9 Å². The number of rotatable bonds is 11. The van der Waals surface area contributed by atoms with Crippen LogP contribution in [-0.4, -0.2) is 60.1 Å². The number of halogens is 1. The second-order valence-corrected chi connectivity index (χ2v) is 10.3. The standard InChI is InChI=1S/C22H30FN3O6S.Na/c1-13(2)20-18(10-9-16(27)11-17(28)12-19(29)30)21(14-5-7-15(23)8-6-14)25-22(24-20)26(3)33(4,31)32;/h5-8,13,16-17,27-28H,9-12H2,1-4H3,(H,29,30);/q;+1/p-1/t16-,17-;/m1./s1. The number of nitrogens with zero attached hydrogens (tertiary/aromatic N) is 3. The quantitative estimate of drug-likeness (QED) is 0.334. The summed E-state index contributed by atoms with van der Waals surface area (Å²) in [7, 11) is -2.30. The van der Waals surface area contributed by atoms with Crippen molar-refractivity contribution in [1.29, 1.82) is 0 Å². The molecule has 0 bridgehead atoms. The Hall–Kier alpha value is -1.63. The Kier molecular flexibility index (Phi) is 11.5. The maximum absolute atomic E-state index is 13.5. The molecule has 0 fully saturated rings. The number of aromatic nitrogens is 2. The van der Waals surface area contributed by atoms with E-state index in [1.54, 1.807) is 0 Å². The van der Waals surface area contributed by atoms with Gasteiger partial charge in [0, 0.05) is 30.6 Å². The summed E-state index contributed by atoms with van der Waals surface area (Å²) in [6.07, 6.45) is -1.50. The molecule has 0 amide bonds. The molecule has 2 rings (SSSR count). The van der Waals surface area contributed by atoms with Gasteiger partial charge >= 0.3 is 29.6 Å². The van der Waals surface area contributed by atoms with E-state index in [-0.39, 0.29) is 60.7 Å². The molecule has 9 nitrogen and oxygen atoms in total. The zero-order valence-corrected chi connectivity index (χ0v) is 22.8. The fourth-order valence-electron chi connectivity index (χ4n) is 3.37. The number of aliphatic hydroxyl groups excluding tert-OH is 2. The molecule has 2 N–H and O–H groups in total. The third-order valence-electron chi connectivity index (χ3n) is 5.14. The van der Waals surface area contributed by atoms with E-state index in [1.807, 2.05) is 13.8 Å². The van der Waals surface area contributed by atoms with Crippen LogP contribution in [0.15, 0.2) is 24.3 Å². The molecule has 0 saturated heterocycles. The minimum absolute atomic E-state index is 0. The van der Waals surface area contributed by atoms with Gasteiger partial charge in [-0.2, -0.15) is 0 Å². The molecule has 2 aromatic rings. The first-order chi connectivity index (χ1) is 15.3. The summed E-state index contributed by atoms with van der Waals surface area (Å²) in [6, 6.07) is 5.58. The van der Waals surface area contributed by atoms with Gasteiger partial charge in [0.1, 0.15) is 5.82 Å². The monoisotopic (exact) mass is 505 g/mol. The number of carboxylic acids is 1. The number of carbonyl (C=O) groups excluding carboxylic acids is 1. The molecular weight excluding hydrogens is 476 g/mol. The van der Waals surface area contributed by atoms with E-state index in [9.17, 15) is 32.9 Å². The zero-order chi connectivity index (χ0) is 24.9. The number of aliphatic hydroxyl groups is 2. The van der Waals surface area contributed by atoms with Crippen molar-refractivity contribution in [2.75, 3.05) is 17.6 Å². The van der Waals surface area contributed by atoms with Gasteiger partial charge < -0.3 is 20.1 Å². The number of carboxylic acid groups (broad SMARTS) is 1. The fourth-order valence-corrected chi connectivity index (χ4v) is 3.75. The molecule has 1 aromatic carbocycles. The van der Waals surface area contributed by atoms with Crippen molar-refractivity contribution in [3.8, 4) is 11.3 Å². The molecule has 12 heteroatoms. The van der Waals surface area contributed by atoms with Crippen molar-refractivity contribution in [3.63, 3.8) is 0 Å². The van der Waals surface area contributed by atoms with Gasteiger partial charge in [0.15, 0.2) is 0 Å². The van der Waals surface area contributed by atoms with Crippen molar-refractivity contribution in [3.05, 3.63) is 41.3 Å². The third-order valence-corrected chi connectivity index (χ3v) is 6.30. The molecule has 2 atom stereocenters. The fraction of sp³-hybridized carbons (Fsp3) is 0.500. The van der Waals surface area contributed by atoms with E-state index >= 15 is 0 Å². The topological polar surface area (TPSA) is 144 Å². The number of carbonyl (C=O) groups is 1. The second-order valence-electron chi connectivity index (χ2n) is 8.29. The maximum atomic E-state index is 13.5. The molecule has 1 aromatic heterocycles. The summed E-state index contributed by atoms with van der Waals surface area (Å²) in [6.45, 7) is 3.76. The van der Waals surface area contributed by atoms with Crippen LogP contribution in [0.25, 0.3) is 11.3 Å². The maximum Gasteiger partial charge on any atom is 1.00 e. The summed E-state index contributed by atoms with van der Waals surface area (Å²) >= 11 is 0. The predicted molar refractivity (Wildman–Crippen MR) is 119 cm³/mol. The minimum atomic E-state index is -3.64. The number of anilines is 1. The van der Waals surface area contributed by atoms with Gasteiger partial charge in [-0.05, 0) is 49.4 Å². The Morgan fingerprint density at radius 1 is 1.15 bits per heavy atom. The van der Waals surface area contributed by atoms with Crippen LogP contribution in [0.4, 0.5) is 10.3 Å². The average Bonchev–Trinajstić information content (AvgIpc) is 2.70. The summed E-state index contributed by atoms with van der Waals surface area (Å²) in [5.41, 5.74) is 2.17. The number of hydrogen-bond donors (Lipinski definition) is 2. The zero-order valence-electron chi connectivity index (χ0n) is 20.0. The molecule has 34 heavy (non-hydrogen) atoms. The predicted octanol–water partition coefficient (Wildman–Crippen LogP) is -2.01. The van der Waals surface area contributed by atoms with Crippen LogP contribution in [0.3, 0.4) is 0 Å². The molecule has 0 saturated carbocycles. The number of aliphatic carboxylic acids is 1. The van der Waals surface area contributed by atoms with Crippen LogP contribution in [0.5, 0.6) is 0 Å². The van der Waals surface area contributed by atoms with Crippen LogP contribution in [0, 0.1) is 5.82 Å². The van der Waals surface area contributed by atoms with E-state index < -0.39 is 40.4 Å². The first-order valence-electron chi connectivity index (χ1n) is 10.5. The summed E-state index contributed by atoms with van der Waals surface area (Å²) in [5.74, 6) is -2.01. The summed E-state index contributed by atoms with van der Waals surface area (Å²) in [4.78, 5) is 19.6. The van der Waals surface area contributed by atoms with Gasteiger partial charge in [0.2, 0.25) is 16.0 Å². The summed E-state index contributed by atoms with van der Waals surface area (Å²) in [5, 5.41) is 30.7. The van der Waals surface area contributed by atoms with E-state index in [4.69, 9.17) is 0 Å². The molecule has 0 radical (unpaired) electrons. The van der Waals surface area contributed by atoms with Crippen molar-refractivity contribution in [2.24, 2.45) is 0 Å². The second kappa shape index (κ2) is 12.9. The first kappa shape index (κ1) is 30.4. The Labute approximate surface area is 221 Å². The Morgan fingerprint density at radius 2 is 1.74 bits per heavy atom. The number of sulfonamides is 1. The van der Waals surface area contributed by atoms with Crippen LogP contribution in [0.1, 0.15) is 50.3 Å². The molecule has 0 unspecified atom stereocenters. The van der Waals surface area contributed by atoms with Gasteiger partial charge in [-0.3, -0.25) is 0 Å². The van der Waals surface area contributed by atoms with Gasteiger partial charge in [-0.25, -0.2) is 27.1 Å². The van der Waals surface area contributed by atoms with Gasteiger partial charge in [0.05, 0.1) is 29.9 Å². The van der Waals surface area contributed by atoms with E-state index in [0.29, 0.717) is 22.5 Å². The van der Waals surface area contributed by atoms with Crippen molar-refractivity contribution in [2.45, 2.75) is 57.7 Å². The van der Waals surface area contributed by atoms with Crippen molar-refractivity contribution < 1.29 is 62.5 Å². The van der Waals surface area contributed by atoms with Crippen molar-refractivity contribution in [1.82, 2.24) is 9.97 Å². The van der Waals surface area contributed by atoms with E-state index in [2.05, 4.69) is 9.97 Å². The van der Waals surface area contributed by atoms with Gasteiger partial charge in [-0.15, -0.1) is 0 Å². The Bertz CT molecular complexity index is 1080. The number of benzene rings is 1. The average molecular weight is 506 g/mol. The molecule has 0 aliphatic carbocycles. The smallest absolute Gasteiger partial charge is 0.550 e. The molecule has 182 valence electrons. The molecule has 0 spiro atoms. The van der Waals surface area contributed by atoms with Crippen LogP contribution in [0.2, 0.25) is 0 Å². The molecule has 0 aliphatic rings. The van der Waals surface area contributed by atoms with E-state index in [1.165, 1.54) is 31.3 Å². The first-order valence-corrected chi connectivity index (χ1v) is 12.3. The summed E-state index contributed by atoms with van der Waals surface area (Å²) < 4.78 is 38.6. The van der Waals surface area contributed by atoms with Crippen LogP contribution < -0.4 is 39.0 Å². The van der Waals surface area contributed by atoms with Crippen LogP contribution in [-0.2, 0) is 21.2 Å². The Morgan fingerprint density at radius 3 is 2.24 bits per heavy atom. The van der Waals surface area contributed by atoms with Gasteiger partial charge in [0.25, 0.3) is 0 Å². The molecular formula is C22H29FN3NaO6S. The number of hydrogen-bond acceptors (Lipinski definition) is 8. The largest absolute Gasteiger partial charge is 1.00 e. The van der Waals surface area contributed by atoms with E-state index in [0.717, 1.165) is 10.6 Å².